The number of alkyl halides is 3. The van der Waals surface area contributed by atoms with E-state index in [-0.39, 0.29) is 18.0 Å². The number of nitrogens with one attached hydrogen (secondary N) is 1. The number of halogens is 3. The van der Waals surface area contributed by atoms with Crippen LogP contribution in [0.15, 0.2) is 53.5 Å². The minimum atomic E-state index is -4.45. The summed E-state index contributed by atoms with van der Waals surface area (Å²) in [6.45, 7) is 7.97. The SMILES string of the molecule is C/C=C(\N=C(OC)C1CCCN1C)c1ccc(CCc2ccc(OC)cc2)c(C(F)(F)F)c1.CC(C)(C)OC(=O)NC=BOC#N. The first-order chi connectivity index (χ1) is 21.7. The van der Waals surface area contributed by atoms with Crippen LogP contribution in [0.1, 0.15) is 62.8 Å². The Morgan fingerprint density at radius 3 is 2.37 bits per heavy atom. The molecule has 1 saturated heterocycles. The average molecular weight is 643 g/mol. The summed E-state index contributed by atoms with van der Waals surface area (Å²) in [5.74, 6) is 1.25. The van der Waals surface area contributed by atoms with Gasteiger partial charge in [-0.05, 0) is 75.5 Å². The van der Waals surface area contributed by atoms with Crippen molar-refractivity contribution in [1.82, 2.24) is 10.2 Å². The van der Waals surface area contributed by atoms with Crippen LogP contribution in [0.4, 0.5) is 18.0 Å². The van der Waals surface area contributed by atoms with Gasteiger partial charge in [-0.25, -0.2) is 4.99 Å². The number of nitrogens with zero attached hydrogens (tertiary/aromatic N) is 3. The molecule has 13 heteroatoms. The van der Waals surface area contributed by atoms with Gasteiger partial charge in [-0.1, -0.05) is 30.3 Å². The second-order valence-electron chi connectivity index (χ2n) is 11.3. The number of methoxy groups -OCH3 is 2. The summed E-state index contributed by atoms with van der Waals surface area (Å²) in [5, 5.41) is 10.2. The first kappa shape index (κ1) is 37.9. The predicted octanol–water partition coefficient (Wildman–Crippen LogP) is 6.39. The van der Waals surface area contributed by atoms with Crippen molar-refractivity contribution in [1.29, 1.82) is 5.26 Å². The molecule has 1 fully saturated rings. The van der Waals surface area contributed by atoms with Crippen molar-refractivity contribution in [3.63, 3.8) is 0 Å². The van der Waals surface area contributed by atoms with Crippen molar-refractivity contribution in [2.75, 3.05) is 27.8 Å². The quantitative estimate of drug-likeness (QED) is 0.146. The zero-order valence-electron chi connectivity index (χ0n) is 27.4. The van der Waals surface area contributed by atoms with Gasteiger partial charge >= 0.3 is 82.9 Å². The molecule has 1 unspecified atom stereocenters. The number of benzene rings is 2. The van der Waals surface area contributed by atoms with Gasteiger partial charge in [-0.15, -0.1) is 0 Å². The van der Waals surface area contributed by atoms with Crippen molar-refractivity contribution in [2.45, 2.75) is 71.2 Å². The van der Waals surface area contributed by atoms with Crippen molar-refractivity contribution in [2.24, 2.45) is 4.99 Å². The number of rotatable bonds is 9. The molecular formula is C33H42BF3N4O5. The molecule has 248 valence electrons. The van der Waals surface area contributed by atoms with Crippen LogP contribution in [0.2, 0.25) is 0 Å². The number of amides is 1. The summed E-state index contributed by atoms with van der Waals surface area (Å²) in [5.41, 5.74) is 0.960. The molecule has 0 bridgehead atoms. The Hall–Kier alpha value is -4.31. The Balaban J connectivity index is 0.000000479. The van der Waals surface area contributed by atoms with E-state index in [2.05, 4.69) is 19.9 Å². The number of alkyl carbamates (subject to hydrolysis) is 1. The molecule has 46 heavy (non-hydrogen) atoms. The molecule has 1 heterocycles. The molecule has 1 amide bonds. The van der Waals surface area contributed by atoms with E-state index in [4.69, 9.17) is 19.5 Å². The Morgan fingerprint density at radius 2 is 1.85 bits per heavy atom. The summed E-state index contributed by atoms with van der Waals surface area (Å²) in [6.07, 6.45) is 2.00. The molecule has 9 nitrogen and oxygen atoms in total. The van der Waals surface area contributed by atoms with Gasteiger partial charge in [-0.2, -0.15) is 13.2 Å². The Morgan fingerprint density at radius 1 is 1.15 bits per heavy atom. The molecule has 0 radical (unpaired) electrons. The Bertz CT molecular complexity index is 1410. The van der Waals surface area contributed by atoms with Crippen LogP contribution in [0.5, 0.6) is 5.75 Å². The Kier molecular flexibility index (Phi) is 14.8. The number of carbonyl (C=O) groups excluding carboxylic acids is 1. The number of hydrogen-bond donors (Lipinski definition) is 1. The van der Waals surface area contributed by atoms with E-state index in [1.165, 1.54) is 18.4 Å². The minimum absolute atomic E-state index is 0.0378. The van der Waals surface area contributed by atoms with Gasteiger partial charge in [-0.3, -0.25) is 4.90 Å². The molecule has 2 aromatic rings. The van der Waals surface area contributed by atoms with Crippen LogP contribution < -0.4 is 10.1 Å². The fourth-order valence-corrected chi connectivity index (χ4v) is 4.66. The molecule has 3 rings (SSSR count). The molecule has 0 saturated carbocycles. The molecule has 0 aliphatic carbocycles. The number of likely N-dealkylation sites (N-methyl/N-ethyl adjacent to an activating group) is 1. The molecule has 1 N–H and O–H groups in total. The fraction of sp³-hybridized carbons (Fsp3) is 0.455. The van der Waals surface area contributed by atoms with Crippen LogP contribution in [-0.2, 0) is 33.1 Å². The number of ether oxygens (including phenoxy) is 3. The number of aryl methyl sites for hydroxylation is 2. The van der Waals surface area contributed by atoms with Crippen molar-refractivity contribution in [3.05, 3.63) is 70.8 Å². The summed E-state index contributed by atoms with van der Waals surface area (Å²) < 4.78 is 61.5. The first-order valence-electron chi connectivity index (χ1n) is 14.7. The van der Waals surface area contributed by atoms with E-state index in [1.807, 2.05) is 31.3 Å². The first-order valence-corrected chi connectivity index (χ1v) is 14.7. The number of nitriles is 1. The van der Waals surface area contributed by atoms with Crippen LogP contribution in [0.3, 0.4) is 0 Å². The molecule has 0 aromatic heterocycles. The van der Waals surface area contributed by atoms with Gasteiger partial charge in [0.15, 0.2) is 0 Å². The molecule has 1 atom stereocenters. The molecule has 2 aromatic carbocycles. The van der Waals surface area contributed by atoms with Crippen molar-refractivity contribution in [3.8, 4) is 12.0 Å². The topological polar surface area (TPSA) is 105 Å². The zero-order valence-corrected chi connectivity index (χ0v) is 27.4. The van der Waals surface area contributed by atoms with Gasteiger partial charge in [0.1, 0.15) is 5.75 Å². The average Bonchev–Trinajstić information content (AvgIpc) is 3.43. The summed E-state index contributed by atoms with van der Waals surface area (Å²) in [6, 6.07) is 11.9. The van der Waals surface area contributed by atoms with Gasteiger partial charge in [0.2, 0.25) is 5.90 Å². The molecule has 1 aliphatic heterocycles. The van der Waals surface area contributed by atoms with E-state index < -0.39 is 23.4 Å². The van der Waals surface area contributed by atoms with Crippen LogP contribution in [0, 0.1) is 11.5 Å². The normalized spacial score (nSPS) is 15.7. The van der Waals surface area contributed by atoms with E-state index in [1.54, 1.807) is 60.1 Å². The van der Waals surface area contributed by atoms with Crippen LogP contribution in [0.25, 0.3) is 5.70 Å². The van der Waals surface area contributed by atoms with E-state index in [0.717, 1.165) is 37.8 Å². The third-order valence-corrected chi connectivity index (χ3v) is 6.86. The standard InChI is InChI=1S/C26H31F3N2O2.C7H11BN2O3/c1-5-23(30-25(33-4)24-7-6-16-31(24)2)20-13-12-19(22(17-20)26(27,28)29)11-8-18-9-14-21(32-3)15-10-18;1-7(2,3)13-6(11)10-4-8-12-5-9/h5,9-10,12-15,17,24H,6-8,11,16H2,1-4H3;4H,1-3H3,(H,10,11)/b23-5-,30-25?;. The monoisotopic (exact) mass is 642 g/mol. The maximum atomic E-state index is 13.9. The van der Waals surface area contributed by atoms with Gasteiger partial charge in [0, 0.05) is 5.56 Å². The van der Waals surface area contributed by atoms with Crippen molar-refractivity contribution < 1.29 is 36.8 Å². The van der Waals surface area contributed by atoms with Gasteiger partial charge in [0.25, 0.3) is 0 Å². The number of allylic oxidation sites excluding steroid dienone is 1. The van der Waals surface area contributed by atoms with Crippen LogP contribution >= 0.6 is 0 Å². The summed E-state index contributed by atoms with van der Waals surface area (Å²) in [4.78, 5) is 17.7. The van der Waals surface area contributed by atoms with Gasteiger partial charge < -0.3 is 9.47 Å². The van der Waals surface area contributed by atoms with Crippen molar-refractivity contribution >= 4 is 30.9 Å². The Labute approximate surface area is 269 Å². The molecular weight excluding hydrogens is 600 g/mol. The number of carbonyl (C=O) groups is 1. The third-order valence-electron chi connectivity index (χ3n) is 6.86. The second-order valence-corrected chi connectivity index (χ2v) is 11.3. The van der Waals surface area contributed by atoms with Crippen LogP contribution in [-0.4, -0.2) is 69.6 Å². The number of hydrogen-bond acceptors (Lipinski definition) is 8. The number of aliphatic imine (C=N–C) groups is 1. The van der Waals surface area contributed by atoms with E-state index >= 15 is 0 Å². The van der Waals surface area contributed by atoms with E-state index in [9.17, 15) is 18.0 Å². The fourth-order valence-electron chi connectivity index (χ4n) is 4.66. The molecule has 0 spiro atoms. The summed E-state index contributed by atoms with van der Waals surface area (Å²) in [7, 11) is 6.18. The third kappa shape index (κ3) is 12.6. The molecule has 1 aliphatic rings. The van der Waals surface area contributed by atoms with Gasteiger partial charge in [0.05, 0.1) is 31.5 Å². The summed E-state index contributed by atoms with van der Waals surface area (Å²) >= 11 is 0. The predicted molar refractivity (Wildman–Crippen MR) is 173 cm³/mol. The number of likely N-dealkylation sites (tertiary alicyclic amines) is 1. The second kappa shape index (κ2) is 18.0. The van der Waals surface area contributed by atoms with E-state index in [0.29, 0.717) is 23.6 Å². The maximum absolute atomic E-state index is 13.9. The zero-order chi connectivity index (χ0) is 34.3.